The molecule has 3 saturated carbocycles. The van der Waals surface area contributed by atoms with Gasteiger partial charge in [-0.1, -0.05) is 67.1 Å². The molecule has 0 amide bonds. The van der Waals surface area contributed by atoms with E-state index in [1.807, 2.05) is 14.2 Å². The highest BCUT2D eigenvalue weighted by atomic mass is 16.7. The van der Waals surface area contributed by atoms with Crippen LogP contribution in [-0.2, 0) is 20.3 Å². The van der Waals surface area contributed by atoms with Crippen LogP contribution >= 0.6 is 0 Å². The van der Waals surface area contributed by atoms with Crippen LogP contribution in [0.5, 0.6) is 0 Å². The summed E-state index contributed by atoms with van der Waals surface area (Å²) in [5.41, 5.74) is 2.65. The van der Waals surface area contributed by atoms with E-state index in [-0.39, 0.29) is 10.8 Å². The second kappa shape index (κ2) is 4.71. The number of benzene rings is 2. The van der Waals surface area contributed by atoms with Crippen LogP contribution in [0, 0.1) is 11.8 Å². The van der Waals surface area contributed by atoms with E-state index in [1.165, 1.54) is 30.4 Å². The first-order valence-corrected chi connectivity index (χ1v) is 9.02. The summed E-state index contributed by atoms with van der Waals surface area (Å²) >= 11 is 0. The Morgan fingerprint density at radius 3 is 1.50 bits per heavy atom. The minimum absolute atomic E-state index is 0.0483. The van der Waals surface area contributed by atoms with Crippen molar-refractivity contribution in [2.75, 3.05) is 14.2 Å². The zero-order valence-electron chi connectivity index (χ0n) is 14.4. The number of hydrogen-bond acceptors (Lipinski definition) is 2. The second-order valence-electron chi connectivity index (χ2n) is 7.52. The van der Waals surface area contributed by atoms with Crippen LogP contribution in [-0.4, -0.2) is 20.0 Å². The first kappa shape index (κ1) is 14.7. The fourth-order valence-corrected chi connectivity index (χ4v) is 6.92. The molecule has 4 atom stereocenters. The van der Waals surface area contributed by atoms with Crippen LogP contribution in [0.15, 0.2) is 60.7 Å². The molecule has 0 spiro atoms. The monoisotopic (exact) mass is 320 g/mol. The smallest absolute Gasteiger partial charge is 0.189 e. The molecule has 0 heterocycles. The molecule has 3 fully saturated rings. The highest BCUT2D eigenvalue weighted by Crippen LogP contribution is 2.92. The van der Waals surface area contributed by atoms with Gasteiger partial charge in [0.1, 0.15) is 0 Å². The molecule has 2 nitrogen and oxygen atoms in total. The third-order valence-corrected chi connectivity index (χ3v) is 7.26. The molecule has 5 rings (SSSR count). The zero-order valence-corrected chi connectivity index (χ0v) is 14.4. The summed E-state index contributed by atoms with van der Waals surface area (Å²) in [5.74, 6) is 0.762. The molecule has 0 N–H and O–H groups in total. The highest BCUT2D eigenvalue weighted by Gasteiger charge is 3.01. The average molecular weight is 320 g/mol. The Labute approximate surface area is 143 Å². The predicted octanol–water partition coefficient (Wildman–Crippen LogP) is 4.30. The molecule has 2 aromatic carbocycles. The van der Waals surface area contributed by atoms with Crippen molar-refractivity contribution in [3.63, 3.8) is 0 Å². The quantitative estimate of drug-likeness (QED) is 0.782. The van der Waals surface area contributed by atoms with Gasteiger partial charge in [-0.2, -0.15) is 0 Å². The SMILES string of the molecule is COC1(OC)C2(c3ccccc3)C3CCCC3C12c1ccccc1. The number of methoxy groups -OCH3 is 2. The Bertz CT molecular complexity index is 691. The fourth-order valence-electron chi connectivity index (χ4n) is 6.92. The Morgan fingerprint density at radius 1 is 0.708 bits per heavy atom. The van der Waals surface area contributed by atoms with Gasteiger partial charge in [0.15, 0.2) is 5.79 Å². The number of fused-ring (bicyclic) bond motifs is 4. The second-order valence-corrected chi connectivity index (χ2v) is 7.52. The number of ether oxygens (including phenoxy) is 2. The molecular formula is C22H24O2. The van der Waals surface area contributed by atoms with E-state index in [1.54, 1.807) is 0 Å². The van der Waals surface area contributed by atoms with Crippen molar-refractivity contribution < 1.29 is 9.47 Å². The summed E-state index contributed by atoms with van der Waals surface area (Å²) in [4.78, 5) is 0. The Morgan fingerprint density at radius 2 is 1.12 bits per heavy atom. The third-order valence-electron chi connectivity index (χ3n) is 7.26. The Balaban J connectivity index is 1.80. The molecule has 2 aromatic rings. The fraction of sp³-hybridized carbons (Fsp3) is 0.455. The lowest BCUT2D eigenvalue weighted by Crippen LogP contribution is -2.49. The molecule has 2 heteroatoms. The maximum atomic E-state index is 6.21. The van der Waals surface area contributed by atoms with Crippen LogP contribution < -0.4 is 0 Å². The first-order chi connectivity index (χ1) is 11.8. The van der Waals surface area contributed by atoms with Crippen molar-refractivity contribution in [3.05, 3.63) is 71.8 Å². The van der Waals surface area contributed by atoms with Crippen molar-refractivity contribution in [2.45, 2.75) is 35.9 Å². The van der Waals surface area contributed by atoms with Gasteiger partial charge in [-0.05, 0) is 35.8 Å². The Hall–Kier alpha value is -1.64. The van der Waals surface area contributed by atoms with Crippen LogP contribution in [0.3, 0.4) is 0 Å². The largest absolute Gasteiger partial charge is 0.351 e. The average Bonchev–Trinajstić information content (AvgIpc) is 2.86. The molecular weight excluding hydrogens is 296 g/mol. The van der Waals surface area contributed by atoms with Gasteiger partial charge < -0.3 is 9.47 Å². The van der Waals surface area contributed by atoms with Gasteiger partial charge in [0.05, 0.1) is 10.8 Å². The van der Waals surface area contributed by atoms with Gasteiger partial charge in [-0.25, -0.2) is 0 Å². The van der Waals surface area contributed by atoms with E-state index >= 15 is 0 Å². The topological polar surface area (TPSA) is 18.5 Å². The van der Waals surface area contributed by atoms with Crippen LogP contribution in [0.1, 0.15) is 30.4 Å². The van der Waals surface area contributed by atoms with Crippen molar-refractivity contribution in [1.29, 1.82) is 0 Å². The van der Waals surface area contributed by atoms with Gasteiger partial charge in [0, 0.05) is 14.2 Å². The third kappa shape index (κ3) is 1.21. The normalized spacial score (nSPS) is 38.1. The summed E-state index contributed by atoms with van der Waals surface area (Å²) < 4.78 is 12.4. The van der Waals surface area contributed by atoms with Gasteiger partial charge in [0.2, 0.25) is 0 Å². The number of rotatable bonds is 4. The minimum atomic E-state index is -0.543. The molecule has 3 aliphatic rings. The lowest BCUT2D eigenvalue weighted by molar-refractivity contribution is -0.152. The maximum absolute atomic E-state index is 6.21. The van der Waals surface area contributed by atoms with Gasteiger partial charge in [-0.15, -0.1) is 0 Å². The van der Waals surface area contributed by atoms with Crippen molar-refractivity contribution in [3.8, 4) is 0 Å². The van der Waals surface area contributed by atoms with E-state index in [0.717, 1.165) is 0 Å². The predicted molar refractivity (Wildman–Crippen MR) is 93.8 cm³/mol. The summed E-state index contributed by atoms with van der Waals surface area (Å²) in [6.45, 7) is 0. The van der Waals surface area contributed by atoms with E-state index < -0.39 is 5.79 Å². The van der Waals surface area contributed by atoms with E-state index in [4.69, 9.17) is 9.47 Å². The van der Waals surface area contributed by atoms with Gasteiger partial charge >= 0.3 is 0 Å². The molecule has 24 heavy (non-hydrogen) atoms. The molecule has 0 radical (unpaired) electrons. The lowest BCUT2D eigenvalue weighted by Gasteiger charge is -2.46. The maximum Gasteiger partial charge on any atom is 0.189 e. The molecule has 0 aromatic heterocycles. The molecule has 0 aliphatic heterocycles. The van der Waals surface area contributed by atoms with Crippen LogP contribution in [0.2, 0.25) is 0 Å². The first-order valence-electron chi connectivity index (χ1n) is 9.02. The summed E-state index contributed by atoms with van der Waals surface area (Å²) in [6, 6.07) is 21.9. The number of hydrogen-bond donors (Lipinski definition) is 0. The zero-order chi connectivity index (χ0) is 16.4. The van der Waals surface area contributed by atoms with Gasteiger partial charge in [-0.3, -0.25) is 0 Å². The van der Waals surface area contributed by atoms with E-state index in [2.05, 4.69) is 60.7 Å². The van der Waals surface area contributed by atoms with Crippen LogP contribution in [0.4, 0.5) is 0 Å². The van der Waals surface area contributed by atoms with Crippen molar-refractivity contribution in [2.24, 2.45) is 11.8 Å². The summed E-state index contributed by atoms with van der Waals surface area (Å²) in [7, 11) is 3.65. The van der Waals surface area contributed by atoms with E-state index in [9.17, 15) is 0 Å². The molecule has 3 aliphatic carbocycles. The van der Waals surface area contributed by atoms with E-state index in [0.29, 0.717) is 11.8 Å². The van der Waals surface area contributed by atoms with Gasteiger partial charge in [0.25, 0.3) is 0 Å². The molecule has 124 valence electrons. The van der Waals surface area contributed by atoms with Crippen molar-refractivity contribution >= 4 is 0 Å². The molecule has 0 saturated heterocycles. The highest BCUT2D eigenvalue weighted by molar-refractivity contribution is 5.65. The van der Waals surface area contributed by atoms with Crippen LogP contribution in [0.25, 0.3) is 0 Å². The molecule has 4 unspecified atom stereocenters. The Kier molecular flexibility index (Phi) is 2.88. The lowest BCUT2D eigenvalue weighted by atomic mass is 9.54. The van der Waals surface area contributed by atoms with Crippen molar-refractivity contribution in [1.82, 2.24) is 0 Å². The summed E-state index contributed by atoms with van der Waals surface area (Å²) in [6.07, 6.45) is 3.88. The minimum Gasteiger partial charge on any atom is -0.351 e. The standard InChI is InChI=1S/C22H24O2/c1-23-22(24-2)20(16-10-5-3-6-11-16)18-14-9-15-19(18)21(20,22)17-12-7-4-8-13-17/h3-8,10-13,18-19H,9,14-15H2,1-2H3. The summed E-state index contributed by atoms with van der Waals surface area (Å²) in [5, 5.41) is 0. The molecule has 0 bridgehead atoms.